The zero-order valence-corrected chi connectivity index (χ0v) is 11.5. The van der Waals surface area contributed by atoms with Crippen molar-refractivity contribution in [1.29, 1.82) is 0 Å². The van der Waals surface area contributed by atoms with Crippen molar-refractivity contribution in [1.82, 2.24) is 10.3 Å². The third-order valence-electron chi connectivity index (χ3n) is 4.05. The Morgan fingerprint density at radius 3 is 3.00 bits per heavy atom. The molecule has 0 amide bonds. The van der Waals surface area contributed by atoms with Crippen molar-refractivity contribution >= 4 is 5.69 Å². The molecule has 19 heavy (non-hydrogen) atoms. The molecule has 3 heterocycles. The summed E-state index contributed by atoms with van der Waals surface area (Å²) in [5.74, 6) is 1.44. The Labute approximate surface area is 115 Å². The Morgan fingerprint density at radius 1 is 1.32 bits per heavy atom. The molecule has 0 spiro atoms. The summed E-state index contributed by atoms with van der Waals surface area (Å²) in [5.41, 5.74) is 1.17. The Balaban J connectivity index is 1.62. The minimum Gasteiger partial charge on any atom is -0.476 e. The van der Waals surface area contributed by atoms with E-state index in [0.717, 1.165) is 38.7 Å². The van der Waals surface area contributed by atoms with Crippen molar-refractivity contribution in [3.8, 4) is 5.88 Å². The molecule has 4 nitrogen and oxygen atoms in total. The first-order chi connectivity index (χ1) is 9.43. The summed E-state index contributed by atoms with van der Waals surface area (Å²) in [6.07, 6.45) is 6.91. The smallest absolute Gasteiger partial charge is 0.237 e. The van der Waals surface area contributed by atoms with E-state index in [1.165, 1.54) is 31.4 Å². The van der Waals surface area contributed by atoms with Crippen LogP contribution in [0.4, 0.5) is 5.69 Å². The van der Waals surface area contributed by atoms with Crippen molar-refractivity contribution in [3.05, 3.63) is 18.3 Å². The van der Waals surface area contributed by atoms with E-state index in [0.29, 0.717) is 5.92 Å². The molecule has 1 unspecified atom stereocenters. The molecule has 3 rings (SSSR count). The van der Waals surface area contributed by atoms with Gasteiger partial charge in [-0.2, -0.15) is 0 Å². The summed E-state index contributed by atoms with van der Waals surface area (Å²) in [6.45, 7) is 5.27. The van der Waals surface area contributed by atoms with Crippen LogP contribution in [0.3, 0.4) is 0 Å². The lowest BCUT2D eigenvalue weighted by Crippen LogP contribution is -2.33. The SMILES string of the molecule is c1cnc(OCC2CCCNC2)c(N2CCCC2)c1. The second-order valence-corrected chi connectivity index (χ2v) is 5.55. The summed E-state index contributed by atoms with van der Waals surface area (Å²) in [7, 11) is 0. The van der Waals surface area contributed by atoms with Crippen molar-refractivity contribution in [2.45, 2.75) is 25.7 Å². The van der Waals surface area contributed by atoms with E-state index in [9.17, 15) is 0 Å². The molecular weight excluding hydrogens is 238 g/mol. The Bertz CT molecular complexity index is 398. The monoisotopic (exact) mass is 261 g/mol. The number of ether oxygens (including phenoxy) is 1. The number of hydrogen-bond acceptors (Lipinski definition) is 4. The maximum Gasteiger partial charge on any atom is 0.237 e. The van der Waals surface area contributed by atoms with Crippen LogP contribution in [0.1, 0.15) is 25.7 Å². The average Bonchev–Trinajstić information content (AvgIpc) is 3.01. The third-order valence-corrected chi connectivity index (χ3v) is 4.05. The zero-order chi connectivity index (χ0) is 12.9. The normalized spacial score (nSPS) is 23.6. The Morgan fingerprint density at radius 2 is 2.21 bits per heavy atom. The zero-order valence-electron chi connectivity index (χ0n) is 11.5. The first-order valence-corrected chi connectivity index (χ1v) is 7.47. The van der Waals surface area contributed by atoms with Gasteiger partial charge in [-0.3, -0.25) is 0 Å². The molecule has 1 aromatic heterocycles. The van der Waals surface area contributed by atoms with E-state index in [4.69, 9.17) is 4.74 Å². The predicted octanol–water partition coefficient (Wildman–Crippen LogP) is 2.06. The van der Waals surface area contributed by atoms with Crippen molar-refractivity contribution in [2.24, 2.45) is 5.92 Å². The number of hydrogen-bond donors (Lipinski definition) is 1. The van der Waals surface area contributed by atoms with Crippen LogP contribution in [-0.2, 0) is 0 Å². The summed E-state index contributed by atoms with van der Waals surface area (Å²) in [4.78, 5) is 6.81. The minimum absolute atomic E-state index is 0.627. The highest BCUT2D eigenvalue weighted by molar-refractivity contribution is 5.55. The number of pyridine rings is 1. The minimum atomic E-state index is 0.627. The van der Waals surface area contributed by atoms with Gasteiger partial charge in [0.25, 0.3) is 0 Å². The number of nitrogens with zero attached hydrogens (tertiary/aromatic N) is 2. The molecular formula is C15H23N3O. The first kappa shape index (κ1) is 12.7. The maximum absolute atomic E-state index is 6.00. The van der Waals surface area contributed by atoms with Gasteiger partial charge >= 0.3 is 0 Å². The molecule has 0 saturated carbocycles. The Hall–Kier alpha value is -1.29. The first-order valence-electron chi connectivity index (χ1n) is 7.47. The van der Waals surface area contributed by atoms with Crippen molar-refractivity contribution in [2.75, 3.05) is 37.7 Å². The lowest BCUT2D eigenvalue weighted by molar-refractivity contribution is 0.212. The molecule has 0 radical (unpaired) electrons. The van der Waals surface area contributed by atoms with Gasteiger partial charge in [-0.15, -0.1) is 0 Å². The van der Waals surface area contributed by atoms with Crippen molar-refractivity contribution < 1.29 is 4.74 Å². The van der Waals surface area contributed by atoms with Gasteiger partial charge < -0.3 is 15.0 Å². The van der Waals surface area contributed by atoms with E-state index in [2.05, 4.69) is 21.3 Å². The van der Waals surface area contributed by atoms with Gasteiger partial charge in [0.2, 0.25) is 5.88 Å². The molecule has 1 aromatic rings. The molecule has 1 N–H and O–H groups in total. The summed E-state index contributed by atoms with van der Waals surface area (Å²) < 4.78 is 6.00. The topological polar surface area (TPSA) is 37.4 Å². The van der Waals surface area contributed by atoms with E-state index in [1.807, 2.05) is 12.3 Å². The van der Waals surface area contributed by atoms with E-state index in [1.54, 1.807) is 0 Å². The molecule has 0 aliphatic carbocycles. The summed E-state index contributed by atoms with van der Waals surface area (Å²) in [6, 6.07) is 4.13. The van der Waals surface area contributed by atoms with E-state index >= 15 is 0 Å². The summed E-state index contributed by atoms with van der Waals surface area (Å²) >= 11 is 0. The largest absolute Gasteiger partial charge is 0.476 e. The molecule has 2 fully saturated rings. The third kappa shape index (κ3) is 3.18. The number of rotatable bonds is 4. The fourth-order valence-electron chi connectivity index (χ4n) is 2.96. The standard InChI is InChI=1S/C15H23N3O/c1-2-10-18(9-1)14-6-4-8-17-15(14)19-12-13-5-3-7-16-11-13/h4,6,8,13,16H,1-3,5,7,9-12H2. The van der Waals surface area contributed by atoms with Crippen LogP contribution in [0.25, 0.3) is 0 Å². The lowest BCUT2D eigenvalue weighted by Gasteiger charge is -2.24. The van der Waals surface area contributed by atoms with Crippen LogP contribution in [0.15, 0.2) is 18.3 Å². The second-order valence-electron chi connectivity index (χ2n) is 5.55. The second kappa shape index (κ2) is 6.24. The molecule has 2 aliphatic heterocycles. The van der Waals surface area contributed by atoms with Gasteiger partial charge in [0.1, 0.15) is 0 Å². The van der Waals surface area contributed by atoms with Gasteiger partial charge in [-0.05, 0) is 44.4 Å². The van der Waals surface area contributed by atoms with Crippen LogP contribution in [0.2, 0.25) is 0 Å². The van der Waals surface area contributed by atoms with Gasteiger partial charge in [0, 0.05) is 31.7 Å². The van der Waals surface area contributed by atoms with E-state index in [-0.39, 0.29) is 0 Å². The highest BCUT2D eigenvalue weighted by Gasteiger charge is 2.19. The predicted molar refractivity (Wildman–Crippen MR) is 76.8 cm³/mol. The maximum atomic E-state index is 6.00. The molecule has 104 valence electrons. The van der Waals surface area contributed by atoms with Crippen LogP contribution in [0, 0.1) is 5.92 Å². The van der Waals surface area contributed by atoms with Crippen LogP contribution >= 0.6 is 0 Å². The van der Waals surface area contributed by atoms with Crippen LogP contribution < -0.4 is 15.0 Å². The number of nitrogens with one attached hydrogen (secondary N) is 1. The molecule has 0 aromatic carbocycles. The molecule has 2 aliphatic rings. The Kier molecular flexibility index (Phi) is 4.18. The molecule has 4 heteroatoms. The van der Waals surface area contributed by atoms with Crippen molar-refractivity contribution in [3.63, 3.8) is 0 Å². The van der Waals surface area contributed by atoms with Gasteiger partial charge in [0.05, 0.1) is 12.3 Å². The molecule has 2 saturated heterocycles. The lowest BCUT2D eigenvalue weighted by atomic mass is 10.0. The highest BCUT2D eigenvalue weighted by atomic mass is 16.5. The quantitative estimate of drug-likeness (QED) is 0.900. The van der Waals surface area contributed by atoms with Gasteiger partial charge in [-0.25, -0.2) is 4.98 Å². The average molecular weight is 261 g/mol. The molecule has 0 bridgehead atoms. The highest BCUT2D eigenvalue weighted by Crippen LogP contribution is 2.29. The molecule has 1 atom stereocenters. The fourth-order valence-corrected chi connectivity index (χ4v) is 2.96. The van der Waals surface area contributed by atoms with E-state index < -0.39 is 0 Å². The van der Waals surface area contributed by atoms with Gasteiger partial charge in [0.15, 0.2) is 0 Å². The van der Waals surface area contributed by atoms with Gasteiger partial charge in [-0.1, -0.05) is 0 Å². The fraction of sp³-hybridized carbons (Fsp3) is 0.667. The summed E-state index contributed by atoms with van der Waals surface area (Å²) in [5, 5.41) is 3.43. The van der Waals surface area contributed by atoms with Crippen LogP contribution in [-0.4, -0.2) is 37.8 Å². The number of aromatic nitrogens is 1. The number of piperidine rings is 1. The van der Waals surface area contributed by atoms with Crippen LogP contribution in [0.5, 0.6) is 5.88 Å². The number of anilines is 1.